The molecule has 0 aliphatic heterocycles. The number of unbranched alkanes of at least 4 members (excludes halogenated alkanes) is 3. The first-order valence-electron chi connectivity index (χ1n) is 9.38. The van der Waals surface area contributed by atoms with Crippen molar-refractivity contribution in [2.45, 2.75) is 66.4 Å². The number of nitrogens with one attached hydrogen (secondary N) is 1. The predicted octanol–water partition coefficient (Wildman–Crippen LogP) is 6.13. The van der Waals surface area contributed by atoms with E-state index in [4.69, 9.17) is 4.74 Å². The molecule has 1 heterocycles. The summed E-state index contributed by atoms with van der Waals surface area (Å²) in [5.41, 5.74) is 5.02. The van der Waals surface area contributed by atoms with Gasteiger partial charge in [-0.15, -0.1) is 11.3 Å². The quantitative estimate of drug-likeness (QED) is 0.518. The minimum atomic E-state index is 0.0624. The summed E-state index contributed by atoms with van der Waals surface area (Å²) >= 11 is 1.72. The molecule has 0 fully saturated rings. The van der Waals surface area contributed by atoms with E-state index in [2.05, 4.69) is 63.1 Å². The average Bonchev–Trinajstić information content (AvgIpc) is 2.89. The molecular formula is C21H32N2OS. The Hall–Kier alpha value is -1.39. The smallest absolute Gasteiger partial charge is 0.183 e. The second-order valence-corrected chi connectivity index (χ2v) is 7.97. The predicted molar refractivity (Wildman–Crippen MR) is 109 cm³/mol. The van der Waals surface area contributed by atoms with Crippen LogP contribution in [-0.4, -0.2) is 18.1 Å². The molecule has 138 valence electrons. The SMILES string of the molecule is CCCCCCOC(CNc1nc(C)c(C)s1)c1c(C)cccc1C. The number of aromatic nitrogens is 1. The summed E-state index contributed by atoms with van der Waals surface area (Å²) in [7, 11) is 0. The summed E-state index contributed by atoms with van der Waals surface area (Å²) in [5.74, 6) is 0. The first-order chi connectivity index (χ1) is 12.0. The van der Waals surface area contributed by atoms with Crippen LogP contribution < -0.4 is 5.32 Å². The monoisotopic (exact) mass is 360 g/mol. The van der Waals surface area contributed by atoms with Crippen LogP contribution in [0.1, 0.15) is 66.0 Å². The van der Waals surface area contributed by atoms with Crippen molar-refractivity contribution in [2.75, 3.05) is 18.5 Å². The highest BCUT2D eigenvalue weighted by Crippen LogP contribution is 2.27. The molecule has 0 radical (unpaired) electrons. The van der Waals surface area contributed by atoms with Crippen molar-refractivity contribution in [2.24, 2.45) is 0 Å². The van der Waals surface area contributed by atoms with Crippen molar-refractivity contribution < 1.29 is 4.74 Å². The minimum absolute atomic E-state index is 0.0624. The Kier molecular flexibility index (Phi) is 7.91. The summed E-state index contributed by atoms with van der Waals surface area (Å²) in [6.45, 7) is 12.3. The van der Waals surface area contributed by atoms with Crippen LogP contribution in [0.3, 0.4) is 0 Å². The molecule has 4 heteroatoms. The van der Waals surface area contributed by atoms with E-state index in [0.717, 1.165) is 30.4 Å². The van der Waals surface area contributed by atoms with E-state index in [1.165, 1.54) is 40.8 Å². The van der Waals surface area contributed by atoms with Gasteiger partial charge in [0.25, 0.3) is 0 Å². The lowest BCUT2D eigenvalue weighted by atomic mass is 9.98. The lowest BCUT2D eigenvalue weighted by molar-refractivity contribution is 0.0578. The number of benzene rings is 1. The Morgan fingerprint density at radius 3 is 2.40 bits per heavy atom. The number of anilines is 1. The Balaban J connectivity index is 2.05. The molecule has 1 atom stereocenters. The summed E-state index contributed by atoms with van der Waals surface area (Å²) in [4.78, 5) is 5.86. The van der Waals surface area contributed by atoms with E-state index in [0.29, 0.717) is 0 Å². The minimum Gasteiger partial charge on any atom is -0.372 e. The van der Waals surface area contributed by atoms with Crippen LogP contribution in [0.2, 0.25) is 0 Å². The standard InChI is InChI=1S/C21H32N2OS/c1-6-7-8-9-13-24-19(20-15(2)11-10-12-16(20)3)14-22-21-23-17(4)18(5)25-21/h10-12,19H,6-9,13-14H2,1-5H3,(H,22,23). The van der Waals surface area contributed by atoms with Crippen molar-refractivity contribution in [1.29, 1.82) is 0 Å². The zero-order chi connectivity index (χ0) is 18.2. The first kappa shape index (κ1) is 19.9. The average molecular weight is 361 g/mol. The molecule has 1 aromatic heterocycles. The van der Waals surface area contributed by atoms with Crippen LogP contribution in [0.15, 0.2) is 18.2 Å². The van der Waals surface area contributed by atoms with Gasteiger partial charge in [0.2, 0.25) is 0 Å². The Morgan fingerprint density at radius 1 is 1.08 bits per heavy atom. The molecule has 0 saturated carbocycles. The Morgan fingerprint density at radius 2 is 1.80 bits per heavy atom. The zero-order valence-electron chi connectivity index (χ0n) is 16.3. The van der Waals surface area contributed by atoms with Gasteiger partial charge in [0.1, 0.15) is 6.10 Å². The summed E-state index contributed by atoms with van der Waals surface area (Å²) in [6.07, 6.45) is 4.98. The third-order valence-electron chi connectivity index (χ3n) is 4.65. The van der Waals surface area contributed by atoms with Crippen molar-refractivity contribution in [1.82, 2.24) is 4.98 Å². The second-order valence-electron chi connectivity index (χ2n) is 6.77. The normalized spacial score (nSPS) is 12.4. The highest BCUT2D eigenvalue weighted by Gasteiger charge is 2.17. The molecule has 0 aliphatic carbocycles. The van der Waals surface area contributed by atoms with Gasteiger partial charge in [0.15, 0.2) is 5.13 Å². The van der Waals surface area contributed by atoms with Gasteiger partial charge in [-0.05, 0) is 50.8 Å². The molecule has 25 heavy (non-hydrogen) atoms. The van der Waals surface area contributed by atoms with Crippen molar-refractivity contribution >= 4 is 16.5 Å². The summed E-state index contributed by atoms with van der Waals surface area (Å²) in [5, 5.41) is 4.48. The number of hydrogen-bond donors (Lipinski definition) is 1. The second kappa shape index (κ2) is 9.93. The molecule has 1 N–H and O–H groups in total. The zero-order valence-corrected chi connectivity index (χ0v) is 17.1. The topological polar surface area (TPSA) is 34.1 Å². The maximum absolute atomic E-state index is 6.31. The Labute approximate surface area is 156 Å². The lowest BCUT2D eigenvalue weighted by Gasteiger charge is -2.22. The summed E-state index contributed by atoms with van der Waals surface area (Å²) < 4.78 is 6.31. The Bertz CT molecular complexity index is 626. The maximum atomic E-state index is 6.31. The van der Waals surface area contributed by atoms with E-state index in [1.54, 1.807) is 11.3 Å². The van der Waals surface area contributed by atoms with Crippen LogP contribution >= 0.6 is 11.3 Å². The summed E-state index contributed by atoms with van der Waals surface area (Å²) in [6, 6.07) is 6.47. The van der Waals surface area contributed by atoms with Gasteiger partial charge in [-0.25, -0.2) is 4.98 Å². The van der Waals surface area contributed by atoms with Crippen molar-refractivity contribution in [3.63, 3.8) is 0 Å². The van der Waals surface area contributed by atoms with Crippen LogP contribution in [0.25, 0.3) is 0 Å². The molecule has 1 aromatic carbocycles. The third-order valence-corrected chi connectivity index (χ3v) is 5.68. The van der Waals surface area contributed by atoms with Crippen molar-refractivity contribution in [3.8, 4) is 0 Å². The van der Waals surface area contributed by atoms with E-state index < -0.39 is 0 Å². The van der Waals surface area contributed by atoms with Crippen LogP contribution in [0.5, 0.6) is 0 Å². The lowest BCUT2D eigenvalue weighted by Crippen LogP contribution is -2.18. The van der Waals surface area contributed by atoms with E-state index in [9.17, 15) is 0 Å². The van der Waals surface area contributed by atoms with Gasteiger partial charge < -0.3 is 10.1 Å². The fourth-order valence-corrected chi connectivity index (χ4v) is 3.88. The van der Waals surface area contributed by atoms with E-state index in [1.807, 2.05) is 0 Å². The van der Waals surface area contributed by atoms with Crippen molar-refractivity contribution in [3.05, 3.63) is 45.5 Å². The van der Waals surface area contributed by atoms with Gasteiger partial charge in [-0.1, -0.05) is 44.4 Å². The number of aryl methyl sites for hydroxylation is 4. The number of nitrogens with zero attached hydrogens (tertiary/aromatic N) is 1. The molecule has 0 aliphatic rings. The highest BCUT2D eigenvalue weighted by atomic mass is 32.1. The van der Waals surface area contributed by atoms with Gasteiger partial charge >= 0.3 is 0 Å². The third kappa shape index (κ3) is 5.82. The van der Waals surface area contributed by atoms with E-state index in [-0.39, 0.29) is 6.10 Å². The van der Waals surface area contributed by atoms with Crippen LogP contribution in [0.4, 0.5) is 5.13 Å². The molecular weight excluding hydrogens is 328 g/mol. The molecule has 2 aromatic rings. The molecule has 0 spiro atoms. The number of hydrogen-bond acceptors (Lipinski definition) is 4. The molecule has 0 bridgehead atoms. The first-order valence-corrected chi connectivity index (χ1v) is 10.2. The van der Waals surface area contributed by atoms with Crippen LogP contribution in [0, 0.1) is 27.7 Å². The molecule has 1 unspecified atom stereocenters. The van der Waals surface area contributed by atoms with Gasteiger partial charge in [0.05, 0.1) is 5.69 Å². The molecule has 0 saturated heterocycles. The van der Waals surface area contributed by atoms with Gasteiger partial charge in [-0.2, -0.15) is 0 Å². The van der Waals surface area contributed by atoms with Crippen LogP contribution in [-0.2, 0) is 4.74 Å². The highest BCUT2D eigenvalue weighted by molar-refractivity contribution is 7.15. The maximum Gasteiger partial charge on any atom is 0.183 e. The number of thiazole rings is 1. The fourth-order valence-electron chi connectivity index (χ4n) is 3.06. The van der Waals surface area contributed by atoms with E-state index >= 15 is 0 Å². The molecule has 0 amide bonds. The fraction of sp³-hybridized carbons (Fsp3) is 0.571. The molecule has 2 rings (SSSR count). The van der Waals surface area contributed by atoms with Gasteiger partial charge in [-0.3, -0.25) is 0 Å². The van der Waals surface area contributed by atoms with Gasteiger partial charge in [0, 0.05) is 18.0 Å². The number of rotatable bonds is 10. The largest absolute Gasteiger partial charge is 0.372 e. The number of ether oxygens (including phenoxy) is 1. The molecule has 3 nitrogen and oxygen atoms in total.